The van der Waals surface area contributed by atoms with E-state index in [9.17, 15) is 0 Å². The molecule has 0 aromatic heterocycles. The van der Waals surface area contributed by atoms with Crippen LogP contribution in [0.2, 0.25) is 0 Å². The molecular formula is C10H19. The van der Waals surface area contributed by atoms with Crippen molar-refractivity contribution in [1.29, 1.82) is 0 Å². The van der Waals surface area contributed by atoms with E-state index in [1.165, 1.54) is 25.7 Å². The van der Waals surface area contributed by atoms with Gasteiger partial charge in [0.1, 0.15) is 0 Å². The molecule has 0 N–H and O–H groups in total. The SMILES string of the molecule is [CH2]CC/C=C\CCCCC. The molecule has 0 fully saturated rings. The monoisotopic (exact) mass is 139 g/mol. The third-order valence-electron chi connectivity index (χ3n) is 1.51. The second kappa shape index (κ2) is 8.74. The fourth-order valence-electron chi connectivity index (χ4n) is 0.866. The van der Waals surface area contributed by atoms with Gasteiger partial charge in [0.25, 0.3) is 0 Å². The number of rotatable bonds is 6. The van der Waals surface area contributed by atoms with Crippen molar-refractivity contribution in [3.8, 4) is 0 Å². The Bertz CT molecular complexity index is 72.1. The zero-order chi connectivity index (χ0) is 7.66. The second-order valence-electron chi connectivity index (χ2n) is 2.61. The van der Waals surface area contributed by atoms with Gasteiger partial charge in [-0.05, 0) is 25.7 Å². The summed E-state index contributed by atoms with van der Waals surface area (Å²) in [5.74, 6) is 0. The Balaban J connectivity index is 2.88. The van der Waals surface area contributed by atoms with E-state index in [4.69, 9.17) is 0 Å². The summed E-state index contributed by atoms with van der Waals surface area (Å²) >= 11 is 0. The maximum absolute atomic E-state index is 3.77. The highest BCUT2D eigenvalue weighted by molar-refractivity contribution is 4.81. The first-order valence-electron chi connectivity index (χ1n) is 4.36. The van der Waals surface area contributed by atoms with Gasteiger partial charge in [0.2, 0.25) is 0 Å². The van der Waals surface area contributed by atoms with Gasteiger partial charge < -0.3 is 0 Å². The summed E-state index contributed by atoms with van der Waals surface area (Å²) in [5.41, 5.74) is 0. The summed E-state index contributed by atoms with van der Waals surface area (Å²) in [4.78, 5) is 0. The molecule has 0 saturated carbocycles. The molecule has 1 radical (unpaired) electrons. The molecule has 0 amide bonds. The zero-order valence-electron chi connectivity index (χ0n) is 7.10. The van der Waals surface area contributed by atoms with Gasteiger partial charge in [0.15, 0.2) is 0 Å². The quantitative estimate of drug-likeness (QED) is 0.388. The molecule has 0 aromatic rings. The average Bonchev–Trinajstić information content (AvgIpc) is 1.97. The van der Waals surface area contributed by atoms with Gasteiger partial charge in [-0.25, -0.2) is 0 Å². The van der Waals surface area contributed by atoms with Gasteiger partial charge in [0, 0.05) is 0 Å². The highest BCUT2D eigenvalue weighted by Crippen LogP contribution is 2.00. The van der Waals surface area contributed by atoms with Gasteiger partial charge >= 0.3 is 0 Å². The van der Waals surface area contributed by atoms with E-state index in [-0.39, 0.29) is 0 Å². The number of unbranched alkanes of at least 4 members (excludes halogenated alkanes) is 4. The normalized spacial score (nSPS) is 11.0. The Hall–Kier alpha value is -0.260. The van der Waals surface area contributed by atoms with Crippen LogP contribution in [0, 0.1) is 6.92 Å². The molecule has 0 rings (SSSR count). The largest absolute Gasteiger partial charge is 0.0885 e. The summed E-state index contributed by atoms with van der Waals surface area (Å²) in [5, 5.41) is 0. The standard InChI is InChI=1S/C10H19/c1-3-5-7-9-10-8-6-4-2/h7,9H,1,3-6,8,10H2,2H3/b9-7-. The fraction of sp³-hybridized carbons (Fsp3) is 0.700. The second-order valence-corrected chi connectivity index (χ2v) is 2.61. The Morgan fingerprint density at radius 3 is 2.40 bits per heavy atom. The van der Waals surface area contributed by atoms with Gasteiger partial charge in [0.05, 0.1) is 0 Å². The highest BCUT2D eigenvalue weighted by atomic mass is 13.9. The van der Waals surface area contributed by atoms with E-state index in [0.717, 1.165) is 12.8 Å². The first-order valence-corrected chi connectivity index (χ1v) is 4.36. The molecule has 0 nitrogen and oxygen atoms in total. The first kappa shape index (κ1) is 9.74. The number of allylic oxidation sites excluding steroid dienone is 2. The summed E-state index contributed by atoms with van der Waals surface area (Å²) < 4.78 is 0. The Morgan fingerprint density at radius 1 is 1.10 bits per heavy atom. The van der Waals surface area contributed by atoms with Gasteiger partial charge in [-0.2, -0.15) is 0 Å². The molecule has 0 bridgehead atoms. The van der Waals surface area contributed by atoms with Crippen molar-refractivity contribution in [1.82, 2.24) is 0 Å². The minimum atomic E-state index is 1.03. The summed E-state index contributed by atoms with van der Waals surface area (Å²) in [6.45, 7) is 6.00. The fourth-order valence-corrected chi connectivity index (χ4v) is 0.866. The number of hydrogen-bond donors (Lipinski definition) is 0. The molecule has 0 atom stereocenters. The maximum Gasteiger partial charge on any atom is -0.0351 e. The van der Waals surface area contributed by atoms with E-state index < -0.39 is 0 Å². The molecule has 0 aliphatic heterocycles. The van der Waals surface area contributed by atoms with Crippen molar-refractivity contribution in [2.45, 2.75) is 45.4 Å². The molecule has 10 heavy (non-hydrogen) atoms. The Morgan fingerprint density at radius 2 is 1.80 bits per heavy atom. The lowest BCUT2D eigenvalue weighted by molar-refractivity contribution is 0.728. The molecule has 0 saturated heterocycles. The van der Waals surface area contributed by atoms with Crippen LogP contribution in [0.3, 0.4) is 0 Å². The third kappa shape index (κ3) is 7.74. The highest BCUT2D eigenvalue weighted by Gasteiger charge is 1.80. The van der Waals surface area contributed by atoms with Crippen LogP contribution in [0.1, 0.15) is 45.4 Å². The van der Waals surface area contributed by atoms with Crippen molar-refractivity contribution in [3.63, 3.8) is 0 Å². The minimum Gasteiger partial charge on any atom is -0.0885 e. The maximum atomic E-state index is 3.77. The summed E-state index contributed by atoms with van der Waals surface area (Å²) in [6, 6.07) is 0. The lowest BCUT2D eigenvalue weighted by Crippen LogP contribution is -1.70. The molecule has 0 aromatic carbocycles. The summed E-state index contributed by atoms with van der Waals surface area (Å²) in [7, 11) is 0. The van der Waals surface area contributed by atoms with Gasteiger partial charge in [-0.15, -0.1) is 0 Å². The van der Waals surface area contributed by atoms with E-state index in [2.05, 4.69) is 26.0 Å². The van der Waals surface area contributed by atoms with Crippen molar-refractivity contribution >= 4 is 0 Å². The van der Waals surface area contributed by atoms with Crippen LogP contribution < -0.4 is 0 Å². The Labute approximate surface area is 65.3 Å². The summed E-state index contributed by atoms with van der Waals surface area (Å²) in [6.07, 6.45) is 12.0. The number of hydrogen-bond acceptors (Lipinski definition) is 0. The van der Waals surface area contributed by atoms with Crippen LogP contribution in [0.15, 0.2) is 12.2 Å². The molecular weight excluding hydrogens is 120 g/mol. The van der Waals surface area contributed by atoms with E-state index in [1.807, 2.05) is 0 Å². The van der Waals surface area contributed by atoms with Gasteiger partial charge in [-0.3, -0.25) is 0 Å². The molecule has 0 heteroatoms. The van der Waals surface area contributed by atoms with Crippen LogP contribution in [-0.2, 0) is 0 Å². The average molecular weight is 139 g/mol. The van der Waals surface area contributed by atoms with Gasteiger partial charge in [-0.1, -0.05) is 38.8 Å². The van der Waals surface area contributed by atoms with E-state index >= 15 is 0 Å². The molecule has 59 valence electrons. The smallest absolute Gasteiger partial charge is 0.0351 e. The zero-order valence-corrected chi connectivity index (χ0v) is 7.10. The Kier molecular flexibility index (Phi) is 8.51. The lowest BCUT2D eigenvalue weighted by atomic mass is 10.2. The van der Waals surface area contributed by atoms with Crippen molar-refractivity contribution < 1.29 is 0 Å². The topological polar surface area (TPSA) is 0 Å². The van der Waals surface area contributed by atoms with Crippen LogP contribution in [0.4, 0.5) is 0 Å². The van der Waals surface area contributed by atoms with E-state index in [1.54, 1.807) is 0 Å². The predicted molar refractivity (Wildman–Crippen MR) is 47.9 cm³/mol. The molecule has 0 unspecified atom stereocenters. The third-order valence-corrected chi connectivity index (χ3v) is 1.51. The molecule has 0 aliphatic carbocycles. The van der Waals surface area contributed by atoms with Crippen LogP contribution in [-0.4, -0.2) is 0 Å². The first-order chi connectivity index (χ1) is 4.91. The van der Waals surface area contributed by atoms with Crippen molar-refractivity contribution in [2.24, 2.45) is 0 Å². The van der Waals surface area contributed by atoms with Crippen LogP contribution in [0.25, 0.3) is 0 Å². The van der Waals surface area contributed by atoms with E-state index in [0.29, 0.717) is 0 Å². The van der Waals surface area contributed by atoms with Crippen LogP contribution in [0.5, 0.6) is 0 Å². The minimum absolute atomic E-state index is 1.03. The molecule has 0 aliphatic rings. The predicted octanol–water partition coefficient (Wildman–Crippen LogP) is 3.74. The van der Waals surface area contributed by atoms with Crippen molar-refractivity contribution in [3.05, 3.63) is 19.1 Å². The molecule has 0 heterocycles. The molecule has 0 spiro atoms. The lowest BCUT2D eigenvalue weighted by Gasteiger charge is -1.90. The van der Waals surface area contributed by atoms with Crippen LogP contribution >= 0.6 is 0 Å². The van der Waals surface area contributed by atoms with Crippen molar-refractivity contribution in [2.75, 3.05) is 0 Å².